The van der Waals surface area contributed by atoms with Crippen molar-refractivity contribution in [2.24, 2.45) is 0 Å². The van der Waals surface area contributed by atoms with Crippen molar-refractivity contribution in [3.8, 4) is 11.4 Å². The zero-order valence-electron chi connectivity index (χ0n) is 17.4. The second-order valence-corrected chi connectivity index (χ2v) is 7.64. The second-order valence-electron chi connectivity index (χ2n) is 7.64. The van der Waals surface area contributed by atoms with E-state index in [2.05, 4.69) is 10.3 Å². The number of carboxylic acids is 1. The Bertz CT molecular complexity index is 1210. The first kappa shape index (κ1) is 21.1. The van der Waals surface area contributed by atoms with Crippen molar-refractivity contribution >= 4 is 23.5 Å². The van der Waals surface area contributed by atoms with Gasteiger partial charge in [0.25, 0.3) is 5.91 Å². The van der Waals surface area contributed by atoms with Gasteiger partial charge in [-0.2, -0.15) is 0 Å². The molecule has 9 nitrogen and oxygen atoms in total. The van der Waals surface area contributed by atoms with Crippen molar-refractivity contribution in [3.63, 3.8) is 0 Å². The number of amides is 1. The fraction of sp³-hybridized carbons (Fsp3) is 0.217. The van der Waals surface area contributed by atoms with E-state index in [1.54, 1.807) is 34.9 Å². The molecule has 0 atom stereocenters. The molecule has 164 valence electrons. The second kappa shape index (κ2) is 8.54. The Labute approximate surface area is 183 Å². The first-order chi connectivity index (χ1) is 15.3. The lowest BCUT2D eigenvalue weighted by molar-refractivity contribution is -0.139. The Balaban J connectivity index is 1.61. The van der Waals surface area contributed by atoms with Crippen molar-refractivity contribution in [1.82, 2.24) is 14.9 Å². The van der Waals surface area contributed by atoms with E-state index in [0.29, 0.717) is 11.3 Å². The summed E-state index contributed by atoms with van der Waals surface area (Å²) in [5.41, 5.74) is 8.59. The lowest BCUT2D eigenvalue weighted by Gasteiger charge is -2.12. The Morgan fingerprint density at radius 2 is 1.97 bits per heavy atom. The number of carbonyl (C=O) groups is 3. The largest absolute Gasteiger partial charge is 0.482 e. The number of hydrogen-bond acceptors (Lipinski definition) is 6. The van der Waals surface area contributed by atoms with Crippen molar-refractivity contribution in [2.75, 3.05) is 12.3 Å². The lowest BCUT2D eigenvalue weighted by atomic mass is 10.1. The normalized spacial score (nSPS) is 12.9. The van der Waals surface area contributed by atoms with Crippen LogP contribution in [0.3, 0.4) is 0 Å². The Hall–Kier alpha value is -4.14. The molecule has 32 heavy (non-hydrogen) atoms. The summed E-state index contributed by atoms with van der Waals surface area (Å²) in [5.74, 6) is -1.31. The van der Waals surface area contributed by atoms with Crippen molar-refractivity contribution < 1.29 is 24.2 Å². The van der Waals surface area contributed by atoms with Gasteiger partial charge in [0.1, 0.15) is 17.9 Å². The zero-order chi connectivity index (χ0) is 22.8. The molecule has 1 heterocycles. The fourth-order valence-corrected chi connectivity index (χ4v) is 3.24. The average molecular weight is 434 g/mol. The van der Waals surface area contributed by atoms with E-state index in [0.717, 1.165) is 18.4 Å². The molecule has 0 spiro atoms. The van der Waals surface area contributed by atoms with Crippen LogP contribution in [0.2, 0.25) is 0 Å². The van der Waals surface area contributed by atoms with E-state index >= 15 is 0 Å². The molecule has 0 saturated heterocycles. The summed E-state index contributed by atoms with van der Waals surface area (Å²) < 4.78 is 6.71. The standard InChI is InChI=1S/C23H22N4O5/c1-13-5-6-15(23(31)26-16-7-8-16)10-18(13)27-12-25-20(22(27)24)21(30)14-3-2-4-17(9-14)32-11-19(28)29/h2-6,9-10,12,16H,7-8,11,24H2,1H3,(H,26,31)(H,28,29). The number of anilines is 1. The molecule has 1 aliphatic carbocycles. The minimum Gasteiger partial charge on any atom is -0.482 e. The summed E-state index contributed by atoms with van der Waals surface area (Å²) in [6.45, 7) is 1.36. The molecule has 1 saturated carbocycles. The first-order valence-corrected chi connectivity index (χ1v) is 10.1. The summed E-state index contributed by atoms with van der Waals surface area (Å²) in [6, 6.07) is 11.7. The Morgan fingerprint density at radius 3 is 2.69 bits per heavy atom. The van der Waals surface area contributed by atoms with Gasteiger partial charge in [0.2, 0.25) is 5.78 Å². The third kappa shape index (κ3) is 4.46. The van der Waals surface area contributed by atoms with Crippen molar-refractivity contribution in [2.45, 2.75) is 25.8 Å². The molecule has 1 fully saturated rings. The van der Waals surface area contributed by atoms with Crippen LogP contribution in [0, 0.1) is 6.92 Å². The summed E-state index contributed by atoms with van der Waals surface area (Å²) >= 11 is 0. The van der Waals surface area contributed by atoms with Gasteiger partial charge in [0, 0.05) is 17.2 Å². The van der Waals surface area contributed by atoms with Gasteiger partial charge in [-0.3, -0.25) is 14.2 Å². The molecular formula is C23H22N4O5. The number of nitrogens with zero attached hydrogens (tertiary/aromatic N) is 2. The number of ether oxygens (including phenoxy) is 1. The van der Waals surface area contributed by atoms with Gasteiger partial charge >= 0.3 is 5.97 Å². The van der Waals surface area contributed by atoms with Gasteiger partial charge in [0.15, 0.2) is 12.3 Å². The van der Waals surface area contributed by atoms with Crippen LogP contribution < -0.4 is 15.8 Å². The minimum atomic E-state index is -1.12. The number of nitrogens with two attached hydrogens (primary N) is 1. The molecule has 0 radical (unpaired) electrons. The van der Waals surface area contributed by atoms with E-state index < -0.39 is 18.4 Å². The maximum Gasteiger partial charge on any atom is 0.341 e. The highest BCUT2D eigenvalue weighted by Gasteiger charge is 2.24. The quantitative estimate of drug-likeness (QED) is 0.463. The van der Waals surface area contributed by atoms with Crippen LogP contribution in [0.4, 0.5) is 5.82 Å². The van der Waals surface area contributed by atoms with Gasteiger partial charge in [-0.25, -0.2) is 9.78 Å². The third-order valence-electron chi connectivity index (χ3n) is 5.12. The minimum absolute atomic E-state index is 0.0487. The molecule has 1 aliphatic rings. The number of ketones is 1. The van der Waals surface area contributed by atoms with Gasteiger partial charge in [-0.1, -0.05) is 18.2 Å². The van der Waals surface area contributed by atoms with E-state index in [-0.39, 0.29) is 34.8 Å². The maximum absolute atomic E-state index is 13.0. The van der Waals surface area contributed by atoms with E-state index in [1.807, 2.05) is 13.0 Å². The molecule has 0 bridgehead atoms. The number of aromatic nitrogens is 2. The molecular weight excluding hydrogens is 412 g/mol. The summed E-state index contributed by atoms with van der Waals surface area (Å²) in [7, 11) is 0. The van der Waals surface area contributed by atoms with Crippen LogP contribution in [0.15, 0.2) is 48.8 Å². The summed E-state index contributed by atoms with van der Waals surface area (Å²) in [4.78, 5) is 40.3. The number of nitrogen functional groups attached to an aromatic ring is 1. The monoisotopic (exact) mass is 434 g/mol. The third-order valence-corrected chi connectivity index (χ3v) is 5.12. The maximum atomic E-state index is 13.0. The highest BCUT2D eigenvalue weighted by Crippen LogP contribution is 2.25. The van der Waals surface area contributed by atoms with Crippen molar-refractivity contribution in [3.05, 3.63) is 71.2 Å². The lowest BCUT2D eigenvalue weighted by Crippen LogP contribution is -2.25. The van der Waals surface area contributed by atoms with Crippen LogP contribution >= 0.6 is 0 Å². The highest BCUT2D eigenvalue weighted by molar-refractivity contribution is 6.10. The molecule has 2 aromatic carbocycles. The van der Waals surface area contributed by atoms with Crippen LogP contribution in [0.25, 0.3) is 5.69 Å². The molecule has 9 heteroatoms. The molecule has 0 aliphatic heterocycles. The molecule has 4 rings (SSSR count). The fourth-order valence-electron chi connectivity index (χ4n) is 3.24. The number of aliphatic carboxylic acids is 1. The summed E-state index contributed by atoms with van der Waals surface area (Å²) in [5, 5.41) is 11.7. The van der Waals surface area contributed by atoms with E-state index in [1.165, 1.54) is 12.4 Å². The SMILES string of the molecule is Cc1ccc(C(=O)NC2CC2)cc1-n1cnc(C(=O)c2cccc(OCC(=O)O)c2)c1N. The molecule has 4 N–H and O–H groups in total. The number of carbonyl (C=O) groups excluding carboxylic acids is 2. The van der Waals surface area contributed by atoms with Gasteiger partial charge in [0.05, 0.1) is 5.69 Å². The predicted molar refractivity (Wildman–Crippen MR) is 116 cm³/mol. The number of carboxylic acid groups (broad SMARTS) is 1. The van der Waals surface area contributed by atoms with Crippen LogP contribution in [-0.4, -0.2) is 45.0 Å². The smallest absolute Gasteiger partial charge is 0.341 e. The summed E-state index contributed by atoms with van der Waals surface area (Å²) in [6.07, 6.45) is 3.43. The van der Waals surface area contributed by atoms with E-state index in [9.17, 15) is 14.4 Å². The Kier molecular flexibility index (Phi) is 5.63. The average Bonchev–Trinajstić information content (AvgIpc) is 3.51. The first-order valence-electron chi connectivity index (χ1n) is 10.1. The molecule has 1 amide bonds. The Morgan fingerprint density at radius 1 is 1.19 bits per heavy atom. The molecule has 1 aromatic heterocycles. The van der Waals surface area contributed by atoms with Crippen molar-refractivity contribution in [1.29, 1.82) is 0 Å². The highest BCUT2D eigenvalue weighted by atomic mass is 16.5. The van der Waals surface area contributed by atoms with Crippen LogP contribution in [0.5, 0.6) is 5.75 Å². The number of aryl methyl sites for hydroxylation is 1. The van der Waals surface area contributed by atoms with Crippen LogP contribution in [0.1, 0.15) is 44.8 Å². The molecule has 3 aromatic rings. The zero-order valence-corrected chi connectivity index (χ0v) is 17.4. The number of rotatable bonds is 8. The van der Waals surface area contributed by atoms with Gasteiger partial charge in [-0.15, -0.1) is 0 Å². The van der Waals surface area contributed by atoms with Gasteiger partial charge < -0.3 is 20.9 Å². The number of benzene rings is 2. The number of hydrogen-bond donors (Lipinski definition) is 3. The van der Waals surface area contributed by atoms with Crippen LogP contribution in [-0.2, 0) is 4.79 Å². The van der Waals surface area contributed by atoms with Gasteiger partial charge in [-0.05, 0) is 49.6 Å². The molecule has 0 unspecified atom stereocenters. The number of nitrogens with one attached hydrogen (secondary N) is 1. The number of imidazole rings is 1. The predicted octanol–water partition coefficient (Wildman–Crippen LogP) is 2.35. The topological polar surface area (TPSA) is 137 Å². The van der Waals surface area contributed by atoms with E-state index in [4.69, 9.17) is 15.6 Å².